The second-order valence-corrected chi connectivity index (χ2v) is 7.50. The molecule has 1 aliphatic heterocycles. The van der Waals surface area contributed by atoms with Gasteiger partial charge in [-0.2, -0.15) is 0 Å². The SMILES string of the molecule is O=C1C(=Cc2ccc(Cl)cc2Cl)Oc2cc(OCc3c(F)cccc3Cl)ccc21. The molecule has 0 aliphatic carbocycles. The number of benzene rings is 3. The molecule has 3 nitrogen and oxygen atoms in total. The normalized spacial score (nSPS) is 14.1. The van der Waals surface area contributed by atoms with Crippen LogP contribution >= 0.6 is 34.8 Å². The zero-order valence-corrected chi connectivity index (χ0v) is 17.0. The highest BCUT2D eigenvalue weighted by Crippen LogP contribution is 2.36. The van der Waals surface area contributed by atoms with Crippen molar-refractivity contribution in [2.75, 3.05) is 0 Å². The molecule has 0 bridgehead atoms. The van der Waals surface area contributed by atoms with Crippen LogP contribution in [0.3, 0.4) is 0 Å². The molecular formula is C22H12Cl3FO3. The van der Waals surface area contributed by atoms with Crippen molar-refractivity contribution in [3.8, 4) is 11.5 Å². The lowest BCUT2D eigenvalue weighted by Gasteiger charge is -2.09. The van der Waals surface area contributed by atoms with E-state index in [1.807, 2.05) is 0 Å². The van der Waals surface area contributed by atoms with Crippen LogP contribution in [0.25, 0.3) is 6.08 Å². The molecular weight excluding hydrogens is 438 g/mol. The predicted molar refractivity (Wildman–Crippen MR) is 112 cm³/mol. The molecule has 0 atom stereocenters. The van der Waals surface area contributed by atoms with E-state index in [0.717, 1.165) is 0 Å². The average molecular weight is 450 g/mol. The van der Waals surface area contributed by atoms with Crippen molar-refractivity contribution >= 4 is 46.7 Å². The second kappa shape index (κ2) is 8.07. The Morgan fingerprint density at radius 3 is 2.59 bits per heavy atom. The van der Waals surface area contributed by atoms with Crippen molar-refractivity contribution < 1.29 is 18.7 Å². The van der Waals surface area contributed by atoms with Gasteiger partial charge in [0, 0.05) is 21.7 Å². The molecule has 3 aromatic carbocycles. The molecule has 29 heavy (non-hydrogen) atoms. The van der Waals surface area contributed by atoms with Crippen LogP contribution in [-0.2, 0) is 6.61 Å². The fraction of sp³-hybridized carbons (Fsp3) is 0.0455. The van der Waals surface area contributed by atoms with E-state index in [-0.39, 0.29) is 28.7 Å². The van der Waals surface area contributed by atoms with E-state index < -0.39 is 5.82 Å². The summed E-state index contributed by atoms with van der Waals surface area (Å²) in [6, 6.07) is 14.2. The summed E-state index contributed by atoms with van der Waals surface area (Å²) in [5.41, 5.74) is 1.26. The Labute approximate surface area is 181 Å². The van der Waals surface area contributed by atoms with Crippen molar-refractivity contribution in [1.82, 2.24) is 0 Å². The van der Waals surface area contributed by atoms with Gasteiger partial charge in [-0.15, -0.1) is 0 Å². The maximum atomic E-state index is 13.9. The lowest BCUT2D eigenvalue weighted by atomic mass is 10.1. The first-order valence-electron chi connectivity index (χ1n) is 8.51. The monoisotopic (exact) mass is 448 g/mol. The molecule has 0 unspecified atom stereocenters. The van der Waals surface area contributed by atoms with Gasteiger partial charge >= 0.3 is 0 Å². The van der Waals surface area contributed by atoms with E-state index in [2.05, 4.69) is 0 Å². The number of ketones is 1. The molecule has 0 spiro atoms. The van der Waals surface area contributed by atoms with Crippen molar-refractivity contribution in [1.29, 1.82) is 0 Å². The summed E-state index contributed by atoms with van der Waals surface area (Å²) in [6.07, 6.45) is 1.56. The largest absolute Gasteiger partial charge is 0.489 e. The third-order valence-corrected chi connectivity index (χ3v) is 5.25. The van der Waals surface area contributed by atoms with Crippen LogP contribution in [0.5, 0.6) is 11.5 Å². The summed E-state index contributed by atoms with van der Waals surface area (Å²) in [5.74, 6) is 0.188. The highest BCUT2D eigenvalue weighted by atomic mass is 35.5. The number of Topliss-reactive ketones (excluding diaryl/α,β-unsaturated/α-hetero) is 1. The van der Waals surface area contributed by atoms with Gasteiger partial charge in [0.25, 0.3) is 0 Å². The first kappa shape index (κ1) is 19.8. The number of ether oxygens (including phenoxy) is 2. The van der Waals surface area contributed by atoms with Gasteiger partial charge in [0.2, 0.25) is 5.78 Å². The number of carbonyl (C=O) groups is 1. The lowest BCUT2D eigenvalue weighted by Crippen LogP contribution is -1.99. The van der Waals surface area contributed by atoms with Crippen LogP contribution in [0.4, 0.5) is 4.39 Å². The van der Waals surface area contributed by atoms with Crippen LogP contribution in [0.2, 0.25) is 15.1 Å². The Kier molecular flexibility index (Phi) is 5.50. The van der Waals surface area contributed by atoms with Crippen LogP contribution in [-0.4, -0.2) is 5.78 Å². The van der Waals surface area contributed by atoms with Gasteiger partial charge in [-0.05, 0) is 48.0 Å². The van der Waals surface area contributed by atoms with Crippen LogP contribution in [0.15, 0.2) is 60.4 Å². The maximum absolute atomic E-state index is 13.9. The van der Waals surface area contributed by atoms with Crippen molar-refractivity contribution in [2.45, 2.75) is 6.61 Å². The fourth-order valence-corrected chi connectivity index (χ4v) is 3.52. The minimum atomic E-state index is -0.449. The Bertz CT molecular complexity index is 1140. The maximum Gasteiger partial charge on any atom is 0.231 e. The highest BCUT2D eigenvalue weighted by Gasteiger charge is 2.28. The van der Waals surface area contributed by atoms with E-state index in [4.69, 9.17) is 44.3 Å². The molecule has 0 saturated carbocycles. The number of halogens is 4. The third kappa shape index (κ3) is 4.10. The topological polar surface area (TPSA) is 35.5 Å². The zero-order valence-electron chi connectivity index (χ0n) is 14.7. The van der Waals surface area contributed by atoms with Crippen LogP contribution in [0, 0.1) is 5.82 Å². The summed E-state index contributed by atoms with van der Waals surface area (Å²) >= 11 is 18.1. The summed E-state index contributed by atoms with van der Waals surface area (Å²) in [4.78, 5) is 12.6. The summed E-state index contributed by atoms with van der Waals surface area (Å²) in [7, 11) is 0. The first-order valence-corrected chi connectivity index (χ1v) is 9.65. The number of fused-ring (bicyclic) bond motifs is 1. The van der Waals surface area contributed by atoms with Crippen molar-refractivity contribution in [2.24, 2.45) is 0 Å². The van der Waals surface area contributed by atoms with Gasteiger partial charge in [0.05, 0.1) is 10.6 Å². The molecule has 0 saturated heterocycles. The molecule has 3 aromatic rings. The van der Waals surface area contributed by atoms with E-state index in [0.29, 0.717) is 32.7 Å². The van der Waals surface area contributed by atoms with Crippen molar-refractivity contribution in [3.05, 3.63) is 97.9 Å². The number of carbonyl (C=O) groups excluding carboxylic acids is 1. The molecule has 4 rings (SSSR count). The van der Waals surface area contributed by atoms with Gasteiger partial charge in [0.15, 0.2) is 5.76 Å². The van der Waals surface area contributed by atoms with Crippen LogP contribution < -0.4 is 9.47 Å². The van der Waals surface area contributed by atoms with Gasteiger partial charge < -0.3 is 9.47 Å². The van der Waals surface area contributed by atoms with Gasteiger partial charge in [-0.1, -0.05) is 46.9 Å². The molecule has 0 radical (unpaired) electrons. The van der Waals surface area contributed by atoms with E-state index in [1.165, 1.54) is 12.1 Å². The summed E-state index contributed by atoms with van der Waals surface area (Å²) in [6.45, 7) is -0.0542. The number of hydrogen-bond acceptors (Lipinski definition) is 3. The standard InChI is InChI=1S/C22H12Cl3FO3/c23-13-5-4-12(18(25)9-13)8-21-22(27)15-7-6-14(10-20(15)29-21)28-11-16-17(24)2-1-3-19(16)26/h1-10H,11H2. The molecule has 1 aliphatic rings. The quantitative estimate of drug-likeness (QED) is 0.403. The fourth-order valence-electron chi connectivity index (χ4n) is 2.84. The lowest BCUT2D eigenvalue weighted by molar-refractivity contribution is 0.101. The molecule has 146 valence electrons. The summed E-state index contributed by atoms with van der Waals surface area (Å²) < 4.78 is 25.2. The van der Waals surface area contributed by atoms with E-state index in [1.54, 1.807) is 48.5 Å². The van der Waals surface area contributed by atoms with Gasteiger partial charge in [0.1, 0.15) is 23.9 Å². The molecule has 0 fully saturated rings. The molecule has 0 N–H and O–H groups in total. The average Bonchev–Trinajstić information content (AvgIpc) is 2.99. The van der Waals surface area contributed by atoms with Gasteiger partial charge in [-0.3, -0.25) is 4.79 Å². The molecule has 0 amide bonds. The van der Waals surface area contributed by atoms with Crippen LogP contribution in [0.1, 0.15) is 21.5 Å². The molecule has 7 heteroatoms. The predicted octanol–water partition coefficient (Wildman–Crippen LogP) is 6.98. The molecule has 0 aromatic heterocycles. The minimum Gasteiger partial charge on any atom is -0.489 e. The second-order valence-electron chi connectivity index (χ2n) is 6.25. The van der Waals surface area contributed by atoms with E-state index in [9.17, 15) is 9.18 Å². The number of hydrogen-bond donors (Lipinski definition) is 0. The number of rotatable bonds is 4. The minimum absolute atomic E-state index is 0.0542. The van der Waals surface area contributed by atoms with E-state index >= 15 is 0 Å². The smallest absolute Gasteiger partial charge is 0.231 e. The number of allylic oxidation sites excluding steroid dienone is 1. The highest BCUT2D eigenvalue weighted by molar-refractivity contribution is 6.35. The first-order chi connectivity index (χ1) is 13.9. The Morgan fingerprint density at radius 1 is 1.00 bits per heavy atom. The zero-order chi connectivity index (χ0) is 20.5. The Morgan fingerprint density at radius 2 is 1.83 bits per heavy atom. The summed E-state index contributed by atoms with van der Waals surface area (Å²) in [5, 5.41) is 1.18. The Hall–Kier alpha value is -2.53. The van der Waals surface area contributed by atoms with Crippen molar-refractivity contribution in [3.63, 3.8) is 0 Å². The molecule has 1 heterocycles. The van der Waals surface area contributed by atoms with Gasteiger partial charge in [-0.25, -0.2) is 4.39 Å². The third-order valence-electron chi connectivity index (χ3n) is 4.34. The Balaban J connectivity index is 1.55.